The number of likely N-dealkylation sites (tertiary alicyclic amines) is 1. The number of unbranched alkanes of at least 4 members (excludes halogenated alkanes) is 2. The van der Waals surface area contributed by atoms with Gasteiger partial charge in [0.15, 0.2) is 5.78 Å². The molecule has 436 valence electrons. The highest BCUT2D eigenvalue weighted by Gasteiger charge is 2.41. The highest BCUT2D eigenvalue weighted by Crippen LogP contribution is 2.45. The number of rotatable bonds is 26. The largest absolute Gasteiger partial charge is 0.491 e. The van der Waals surface area contributed by atoms with Crippen LogP contribution in [0.25, 0.3) is 16.5 Å². The number of amides is 7. The van der Waals surface area contributed by atoms with E-state index in [2.05, 4.69) is 67.3 Å². The van der Waals surface area contributed by atoms with E-state index in [4.69, 9.17) is 14.5 Å². The van der Waals surface area contributed by atoms with E-state index in [9.17, 15) is 38.4 Å². The Morgan fingerprint density at radius 2 is 1.49 bits per heavy atom. The Balaban J connectivity index is 0.828. The van der Waals surface area contributed by atoms with E-state index in [1.54, 1.807) is 29.8 Å². The Morgan fingerprint density at radius 1 is 0.778 bits per heavy atom. The second-order valence-electron chi connectivity index (χ2n) is 22.4. The topological polar surface area (TPSA) is 231 Å². The molecule has 7 amide bonds. The molecule has 17 heteroatoms. The van der Waals surface area contributed by atoms with Gasteiger partial charge in [0.25, 0.3) is 0 Å². The lowest BCUT2D eigenvalue weighted by atomic mass is 9.70. The fourth-order valence-electron chi connectivity index (χ4n) is 11.9. The predicted octanol–water partition coefficient (Wildman–Crippen LogP) is 7.72. The van der Waals surface area contributed by atoms with Crippen LogP contribution in [0.1, 0.15) is 148 Å². The van der Waals surface area contributed by atoms with Gasteiger partial charge in [0.05, 0.1) is 43.4 Å². The summed E-state index contributed by atoms with van der Waals surface area (Å²) in [6, 6.07) is 13.9. The Labute approximate surface area is 477 Å². The minimum atomic E-state index is -1.08. The molecular weight excluding hydrogens is 1030 g/mol. The summed E-state index contributed by atoms with van der Waals surface area (Å²) in [5.74, 6) is -1.87. The number of carbonyl (C=O) groups excluding carboxylic acids is 8. The molecule has 1 saturated heterocycles. The normalized spacial score (nSPS) is 20.2. The lowest BCUT2D eigenvalue weighted by Crippen LogP contribution is -2.52. The molecule has 0 spiro atoms. The first kappa shape index (κ1) is 61.6. The van der Waals surface area contributed by atoms with Gasteiger partial charge in [0.2, 0.25) is 41.4 Å². The van der Waals surface area contributed by atoms with Crippen LogP contribution in [0.15, 0.2) is 76.9 Å². The zero-order valence-corrected chi connectivity index (χ0v) is 48.7. The molecule has 1 aliphatic heterocycles. The van der Waals surface area contributed by atoms with Crippen molar-refractivity contribution in [3.63, 3.8) is 0 Å². The van der Waals surface area contributed by atoms with Crippen LogP contribution in [-0.2, 0) is 62.4 Å². The van der Waals surface area contributed by atoms with E-state index in [0.29, 0.717) is 31.6 Å². The van der Waals surface area contributed by atoms with Gasteiger partial charge < -0.3 is 36.1 Å². The quantitative estimate of drug-likeness (QED) is 0.0226. The molecule has 1 saturated carbocycles. The lowest BCUT2D eigenvalue weighted by Gasteiger charge is -2.34. The van der Waals surface area contributed by atoms with Crippen LogP contribution in [0, 0.1) is 29.6 Å². The smallest absolute Gasteiger partial charge is 0.243 e. The van der Waals surface area contributed by atoms with Gasteiger partial charge >= 0.3 is 0 Å². The number of nitrogens with zero attached hydrogens (tertiary/aromatic N) is 2. The van der Waals surface area contributed by atoms with Gasteiger partial charge in [-0.2, -0.15) is 0 Å². The Morgan fingerprint density at radius 3 is 2.21 bits per heavy atom. The van der Waals surface area contributed by atoms with Crippen molar-refractivity contribution in [2.45, 2.75) is 151 Å². The molecule has 1 aromatic heterocycles. The number of ketones is 1. The molecular formula is C64H85N7O10. The maximum Gasteiger partial charge on any atom is 0.243 e. The molecule has 2 aromatic carbocycles. The molecule has 5 unspecified atom stereocenters. The lowest BCUT2D eigenvalue weighted by molar-refractivity contribution is -0.140. The maximum atomic E-state index is 14.2. The molecule has 81 heavy (non-hydrogen) atoms. The molecule has 3 aliphatic carbocycles. The van der Waals surface area contributed by atoms with E-state index in [1.165, 1.54) is 46.4 Å². The summed E-state index contributed by atoms with van der Waals surface area (Å²) in [4.78, 5) is 110. The fourth-order valence-corrected chi connectivity index (χ4v) is 11.9. The predicted molar refractivity (Wildman–Crippen MR) is 311 cm³/mol. The third kappa shape index (κ3) is 16.1. The summed E-state index contributed by atoms with van der Waals surface area (Å²) in [5, 5.41) is 13.9. The second-order valence-corrected chi connectivity index (χ2v) is 22.4. The number of nitrogens with one attached hydrogen (secondary N) is 5. The number of Topliss-reactive ketones (excluding diaryl/α,β-unsaturated/α-hetero) is 1. The van der Waals surface area contributed by atoms with Crippen LogP contribution < -0.4 is 31.3 Å². The molecule has 5 atom stereocenters. The molecule has 5 N–H and O–H groups in total. The number of aromatic nitrogens is 1. The summed E-state index contributed by atoms with van der Waals surface area (Å²) >= 11 is 0. The van der Waals surface area contributed by atoms with Gasteiger partial charge in [-0.15, -0.1) is 0 Å². The van der Waals surface area contributed by atoms with Crippen molar-refractivity contribution in [3.8, 4) is 5.75 Å². The van der Waals surface area contributed by atoms with Crippen LogP contribution in [0.3, 0.4) is 0 Å². The third-order valence-corrected chi connectivity index (χ3v) is 17.1. The number of ether oxygens (including phenoxy) is 2. The van der Waals surface area contributed by atoms with E-state index in [-0.39, 0.29) is 105 Å². The zero-order valence-electron chi connectivity index (χ0n) is 48.7. The van der Waals surface area contributed by atoms with Crippen LogP contribution in [-0.4, -0.2) is 109 Å². The number of fused-ring (bicyclic) bond motifs is 2. The van der Waals surface area contributed by atoms with E-state index in [1.807, 2.05) is 38.1 Å². The average molecular weight is 1110 g/mol. The fraction of sp³-hybridized carbons (Fsp3) is 0.547. The number of hydrogen-bond acceptors (Lipinski definition) is 11. The van der Waals surface area contributed by atoms with Crippen LogP contribution in [0.2, 0.25) is 0 Å². The van der Waals surface area contributed by atoms with Gasteiger partial charge in [-0.1, -0.05) is 108 Å². The molecule has 7 rings (SSSR count). The Bertz CT molecular complexity index is 2900. The third-order valence-electron chi connectivity index (χ3n) is 17.1. The highest BCUT2D eigenvalue weighted by atomic mass is 16.5. The highest BCUT2D eigenvalue weighted by molar-refractivity contribution is 6.04. The summed E-state index contributed by atoms with van der Waals surface area (Å²) < 4.78 is 11.8. The van der Waals surface area contributed by atoms with Gasteiger partial charge in [-0.25, -0.2) is 4.98 Å². The number of pyridine rings is 1. The van der Waals surface area contributed by atoms with E-state index in [0.717, 1.165) is 71.8 Å². The van der Waals surface area contributed by atoms with Crippen LogP contribution >= 0.6 is 0 Å². The maximum absolute atomic E-state index is 14.2. The van der Waals surface area contributed by atoms with Crippen molar-refractivity contribution in [2.24, 2.45) is 29.6 Å². The number of aryl methyl sites for hydroxylation is 1. The average Bonchev–Trinajstić information content (AvgIpc) is 3.88. The van der Waals surface area contributed by atoms with E-state index < -0.39 is 36.2 Å². The standard InChI is InChI=1S/C64H85N7O10/c1-8-44(9-2)51-34-60(76)71(64(51)79)27-16-12-15-22-56(72)65-35-57(73)66-37-59(75)69-55(32-43-18-13-11-14-19-43)63(78)67-36-58(74)68-38-80-28-29-81-46-23-26-54-52(33-46)47(10-3)53-30-39(4)41(6)62(77)49-25-24-48(45-20-17-21-45)42(7)50(49)31-40(5)61(53)70-54/h11,13-14,18-19,23,26,31,33,39,41-42,44,51,55H,8-10,12,15-17,20-22,24-25,27-30,32,34-38H2,1-7H3,(H,65,72)(H,66,73)(H,67,78)(H,68,74)(H,69,75)/b40-31+. The first-order chi connectivity index (χ1) is 39.0. The molecule has 2 fully saturated rings. The number of carbonyl (C=O) groups is 8. The van der Waals surface area contributed by atoms with E-state index >= 15 is 0 Å². The van der Waals surface area contributed by atoms with Gasteiger partial charge in [-0.05, 0) is 128 Å². The van der Waals surface area contributed by atoms with Gasteiger partial charge in [-0.3, -0.25) is 43.3 Å². The Hall–Kier alpha value is -7.01. The number of benzene rings is 2. The van der Waals surface area contributed by atoms with Crippen molar-refractivity contribution in [1.82, 2.24) is 36.5 Å². The van der Waals surface area contributed by atoms with Gasteiger partial charge in [0, 0.05) is 43.0 Å². The first-order valence-corrected chi connectivity index (χ1v) is 29.6. The van der Waals surface area contributed by atoms with Crippen molar-refractivity contribution in [2.75, 3.05) is 46.1 Å². The van der Waals surface area contributed by atoms with Crippen molar-refractivity contribution in [1.29, 1.82) is 0 Å². The molecule has 0 radical (unpaired) electrons. The Kier molecular flexibility index (Phi) is 22.5. The van der Waals surface area contributed by atoms with Crippen LogP contribution in [0.4, 0.5) is 0 Å². The van der Waals surface area contributed by atoms with Gasteiger partial charge in [0.1, 0.15) is 25.1 Å². The van der Waals surface area contributed by atoms with Crippen molar-refractivity contribution < 1.29 is 47.8 Å². The molecule has 17 nitrogen and oxygen atoms in total. The molecule has 2 heterocycles. The van der Waals surface area contributed by atoms with Crippen molar-refractivity contribution in [3.05, 3.63) is 99.3 Å². The molecule has 4 aliphatic rings. The summed E-state index contributed by atoms with van der Waals surface area (Å²) in [6.07, 6.45) is 13.1. The van der Waals surface area contributed by atoms with Crippen molar-refractivity contribution >= 4 is 63.6 Å². The van der Waals surface area contributed by atoms with Crippen LogP contribution in [0.5, 0.6) is 5.75 Å². The first-order valence-electron chi connectivity index (χ1n) is 29.6. The summed E-state index contributed by atoms with van der Waals surface area (Å²) in [6.45, 7) is 14.3. The minimum absolute atomic E-state index is 0.0973. The molecule has 3 aromatic rings. The number of allylic oxidation sites excluding steroid dienone is 6. The minimum Gasteiger partial charge on any atom is -0.491 e. The number of imide groups is 1. The summed E-state index contributed by atoms with van der Waals surface area (Å²) in [5.41, 5.74) is 11.4. The SMILES string of the molecule is CCc1c2c(nc3ccc(OCCOCNC(=O)CNC(=O)C(Cc4ccccc4)NC(=O)CNC(=O)CNC(=O)CCCCCN4C(=O)CC(C(CC)CC)C4=O)cc13)/C(C)=C/C1=C(CCC(=C3CCC3)C1C)C(=O)C(C)C(C)C2. The summed E-state index contributed by atoms with van der Waals surface area (Å²) in [7, 11) is 0. The number of hydrogen-bond donors (Lipinski definition) is 5. The molecule has 0 bridgehead atoms. The second kappa shape index (κ2) is 29.6. The zero-order chi connectivity index (χ0) is 58.2. The monoisotopic (exact) mass is 1110 g/mol.